The first-order valence-corrected chi connectivity index (χ1v) is 8.81. The van der Waals surface area contributed by atoms with Crippen molar-refractivity contribution in [3.05, 3.63) is 29.8 Å². The summed E-state index contributed by atoms with van der Waals surface area (Å²) in [6.07, 6.45) is 6.83. The van der Waals surface area contributed by atoms with Crippen molar-refractivity contribution in [2.24, 2.45) is 11.8 Å². The fourth-order valence-corrected chi connectivity index (χ4v) is 3.92. The monoisotopic (exact) mass is 286 g/mol. The fourth-order valence-electron chi connectivity index (χ4n) is 3.92. The Morgan fingerprint density at radius 2 is 1.71 bits per heavy atom. The molecule has 116 valence electrons. The molecule has 3 atom stereocenters. The van der Waals surface area contributed by atoms with Crippen LogP contribution in [0.2, 0.25) is 0 Å². The van der Waals surface area contributed by atoms with Crippen LogP contribution in [0, 0.1) is 11.8 Å². The predicted octanol–water partition coefficient (Wildman–Crippen LogP) is 4.20. The van der Waals surface area contributed by atoms with Gasteiger partial charge in [0.1, 0.15) is 0 Å². The van der Waals surface area contributed by atoms with Gasteiger partial charge in [-0.15, -0.1) is 0 Å². The molecule has 1 aliphatic heterocycles. The summed E-state index contributed by atoms with van der Waals surface area (Å²) in [4.78, 5) is 2.50. The van der Waals surface area contributed by atoms with E-state index in [2.05, 4.69) is 48.3 Å². The van der Waals surface area contributed by atoms with Crippen LogP contribution in [-0.4, -0.2) is 19.1 Å². The van der Waals surface area contributed by atoms with Crippen molar-refractivity contribution < 1.29 is 0 Å². The minimum absolute atomic E-state index is 0.701. The lowest BCUT2D eigenvalue weighted by molar-refractivity contribution is 0.206. The Labute approximate surface area is 129 Å². The van der Waals surface area contributed by atoms with Gasteiger partial charge in [-0.1, -0.05) is 38.8 Å². The van der Waals surface area contributed by atoms with E-state index < -0.39 is 0 Å². The van der Waals surface area contributed by atoms with E-state index in [-0.39, 0.29) is 0 Å². The first-order valence-electron chi connectivity index (χ1n) is 8.81. The number of hydrogen-bond donors (Lipinski definition) is 1. The highest BCUT2D eigenvalue weighted by Gasteiger charge is 2.26. The summed E-state index contributed by atoms with van der Waals surface area (Å²) in [6, 6.07) is 9.91. The molecule has 21 heavy (non-hydrogen) atoms. The molecule has 1 saturated carbocycles. The molecule has 0 aromatic heterocycles. The smallest absolute Gasteiger partial charge is 0.0366 e. The van der Waals surface area contributed by atoms with Gasteiger partial charge in [0.05, 0.1) is 0 Å². The first-order chi connectivity index (χ1) is 10.2. The van der Waals surface area contributed by atoms with Gasteiger partial charge in [0, 0.05) is 31.4 Å². The number of nitrogens with one attached hydrogen (secondary N) is 1. The van der Waals surface area contributed by atoms with Gasteiger partial charge >= 0.3 is 0 Å². The Balaban J connectivity index is 1.53. The number of nitrogens with zero attached hydrogens (tertiary/aromatic N) is 1. The van der Waals surface area contributed by atoms with Gasteiger partial charge < -0.3 is 10.2 Å². The molecular formula is C19H30N2. The summed E-state index contributed by atoms with van der Waals surface area (Å²) in [5.41, 5.74) is 2.82. The molecular weight excluding hydrogens is 256 g/mol. The quantitative estimate of drug-likeness (QED) is 0.892. The Kier molecular flexibility index (Phi) is 4.84. The predicted molar refractivity (Wildman–Crippen MR) is 90.7 cm³/mol. The van der Waals surface area contributed by atoms with Crippen LogP contribution in [0.1, 0.15) is 51.5 Å². The number of benzene rings is 1. The van der Waals surface area contributed by atoms with Gasteiger partial charge in [0.2, 0.25) is 0 Å². The summed E-state index contributed by atoms with van der Waals surface area (Å²) in [6.45, 7) is 8.30. The van der Waals surface area contributed by atoms with Crippen LogP contribution in [0.25, 0.3) is 0 Å². The van der Waals surface area contributed by atoms with E-state index in [4.69, 9.17) is 0 Å². The molecule has 2 aliphatic rings. The Morgan fingerprint density at radius 3 is 2.43 bits per heavy atom. The fraction of sp³-hybridized carbons (Fsp3) is 0.684. The lowest BCUT2D eigenvalue weighted by Crippen LogP contribution is -2.40. The Morgan fingerprint density at radius 1 is 1.00 bits per heavy atom. The maximum atomic E-state index is 3.79. The van der Waals surface area contributed by atoms with Crippen LogP contribution in [0.5, 0.6) is 0 Å². The molecule has 2 nitrogen and oxygen atoms in total. The van der Waals surface area contributed by atoms with Crippen molar-refractivity contribution in [3.8, 4) is 0 Å². The van der Waals surface area contributed by atoms with Crippen molar-refractivity contribution in [3.63, 3.8) is 0 Å². The Hall–Kier alpha value is -1.02. The van der Waals surface area contributed by atoms with Crippen molar-refractivity contribution in [1.29, 1.82) is 0 Å². The summed E-state index contributed by atoms with van der Waals surface area (Å²) in [5, 5.41) is 3.79. The maximum Gasteiger partial charge on any atom is 0.0366 e. The van der Waals surface area contributed by atoms with Crippen LogP contribution in [0.3, 0.4) is 0 Å². The van der Waals surface area contributed by atoms with Gasteiger partial charge in [-0.2, -0.15) is 0 Å². The van der Waals surface area contributed by atoms with Gasteiger partial charge in [-0.25, -0.2) is 0 Å². The highest BCUT2D eigenvalue weighted by atomic mass is 15.1. The number of rotatable bonds is 4. The third kappa shape index (κ3) is 3.60. The van der Waals surface area contributed by atoms with Gasteiger partial charge in [-0.05, 0) is 48.8 Å². The third-order valence-corrected chi connectivity index (χ3v) is 5.68. The lowest BCUT2D eigenvalue weighted by Gasteiger charge is -2.34. The van der Waals surface area contributed by atoms with E-state index in [1.54, 1.807) is 0 Å². The second-order valence-corrected chi connectivity index (χ2v) is 7.12. The molecule has 1 aromatic rings. The normalized spacial score (nSPS) is 29.8. The van der Waals surface area contributed by atoms with Crippen molar-refractivity contribution in [2.75, 3.05) is 18.0 Å². The molecule has 1 saturated heterocycles. The molecule has 2 heteroatoms. The average molecular weight is 286 g/mol. The zero-order chi connectivity index (χ0) is 14.7. The Bertz CT molecular complexity index is 433. The minimum atomic E-state index is 0.701. The van der Waals surface area contributed by atoms with Crippen LogP contribution in [-0.2, 0) is 6.54 Å². The average Bonchev–Trinajstić information content (AvgIpc) is 3.04. The molecule has 0 bridgehead atoms. The topological polar surface area (TPSA) is 15.3 Å². The second-order valence-electron chi connectivity index (χ2n) is 7.12. The molecule has 1 aliphatic carbocycles. The summed E-state index contributed by atoms with van der Waals surface area (Å²) in [7, 11) is 0. The molecule has 0 radical (unpaired) electrons. The summed E-state index contributed by atoms with van der Waals surface area (Å²) in [5.74, 6) is 1.68. The largest absolute Gasteiger partial charge is 0.372 e. The third-order valence-electron chi connectivity index (χ3n) is 5.68. The zero-order valence-corrected chi connectivity index (χ0v) is 13.6. The van der Waals surface area contributed by atoms with E-state index in [0.717, 1.165) is 18.4 Å². The van der Waals surface area contributed by atoms with Crippen LogP contribution < -0.4 is 10.2 Å². The summed E-state index contributed by atoms with van der Waals surface area (Å²) < 4.78 is 0. The van der Waals surface area contributed by atoms with Crippen LogP contribution in [0.15, 0.2) is 24.3 Å². The van der Waals surface area contributed by atoms with E-state index in [0.29, 0.717) is 6.04 Å². The molecule has 0 amide bonds. The van der Waals surface area contributed by atoms with E-state index in [1.165, 1.54) is 56.4 Å². The zero-order valence-electron chi connectivity index (χ0n) is 13.6. The minimum Gasteiger partial charge on any atom is -0.372 e. The SMILES string of the molecule is CC1CCCC(NCc2ccc(N3CCCC3)cc2)C1C. The number of hydrogen-bond acceptors (Lipinski definition) is 2. The second kappa shape index (κ2) is 6.83. The van der Waals surface area contributed by atoms with Crippen molar-refractivity contribution in [2.45, 2.75) is 58.5 Å². The standard InChI is InChI=1S/C19H30N2/c1-15-6-5-7-19(16(15)2)20-14-17-8-10-18(11-9-17)21-12-3-4-13-21/h8-11,15-16,19-20H,3-7,12-14H2,1-2H3. The van der Waals surface area contributed by atoms with Gasteiger partial charge in [-0.3, -0.25) is 0 Å². The first kappa shape index (κ1) is 14.9. The molecule has 1 heterocycles. The van der Waals surface area contributed by atoms with Crippen LogP contribution in [0.4, 0.5) is 5.69 Å². The molecule has 3 unspecified atom stereocenters. The molecule has 2 fully saturated rings. The number of anilines is 1. The van der Waals surface area contributed by atoms with E-state index in [9.17, 15) is 0 Å². The summed E-state index contributed by atoms with van der Waals surface area (Å²) >= 11 is 0. The van der Waals surface area contributed by atoms with Crippen molar-refractivity contribution >= 4 is 5.69 Å². The highest BCUT2D eigenvalue weighted by Crippen LogP contribution is 2.29. The van der Waals surface area contributed by atoms with Crippen molar-refractivity contribution in [1.82, 2.24) is 5.32 Å². The highest BCUT2D eigenvalue weighted by molar-refractivity contribution is 5.48. The molecule has 1 N–H and O–H groups in total. The molecule has 1 aromatic carbocycles. The van der Waals surface area contributed by atoms with Gasteiger partial charge in [0.25, 0.3) is 0 Å². The van der Waals surface area contributed by atoms with E-state index >= 15 is 0 Å². The van der Waals surface area contributed by atoms with Crippen LogP contribution >= 0.6 is 0 Å². The molecule has 3 rings (SSSR count). The van der Waals surface area contributed by atoms with E-state index in [1.807, 2.05) is 0 Å². The maximum absolute atomic E-state index is 3.79. The van der Waals surface area contributed by atoms with Gasteiger partial charge in [0.15, 0.2) is 0 Å². The lowest BCUT2D eigenvalue weighted by atomic mass is 9.78. The molecule has 0 spiro atoms.